The molecule has 0 bridgehead atoms. The summed E-state index contributed by atoms with van der Waals surface area (Å²) in [5.74, 6) is -0.303. The van der Waals surface area contributed by atoms with Gasteiger partial charge in [0.05, 0.1) is 22.5 Å². The number of pyridine rings is 1. The molecule has 4 heterocycles. The number of benzene rings is 1. The fraction of sp³-hybridized carbons (Fsp3) is 0.273. The highest BCUT2D eigenvalue weighted by molar-refractivity contribution is 6.14. The molecular formula is C22H22N8O. The number of nitrogens with zero attached hydrogens (tertiary/aromatic N) is 6. The van der Waals surface area contributed by atoms with Gasteiger partial charge in [0.1, 0.15) is 17.2 Å². The third kappa shape index (κ3) is 3.37. The number of aryl methyl sites for hydroxylation is 2. The van der Waals surface area contributed by atoms with Crippen LogP contribution in [-0.2, 0) is 7.05 Å². The van der Waals surface area contributed by atoms with Gasteiger partial charge in [-0.1, -0.05) is 0 Å². The maximum Gasteiger partial charge on any atom is 0.258 e. The molecule has 9 nitrogen and oxygen atoms in total. The lowest BCUT2D eigenvalue weighted by Crippen LogP contribution is -2.43. The Morgan fingerprint density at radius 1 is 1.23 bits per heavy atom. The Bertz CT molecular complexity index is 1350. The summed E-state index contributed by atoms with van der Waals surface area (Å²) in [6.07, 6.45) is 5.52. The number of carbonyl (C=O) groups excluding carboxylic acids is 1. The molecule has 1 aromatic carbocycles. The minimum absolute atomic E-state index is 0.303. The zero-order chi connectivity index (χ0) is 21.5. The van der Waals surface area contributed by atoms with Gasteiger partial charge in [-0.05, 0) is 19.1 Å². The first-order valence-corrected chi connectivity index (χ1v) is 10.2. The van der Waals surface area contributed by atoms with Crippen LogP contribution in [0, 0.1) is 18.3 Å². The van der Waals surface area contributed by atoms with Gasteiger partial charge in [0.15, 0.2) is 0 Å². The molecule has 0 atom stereocenters. The van der Waals surface area contributed by atoms with E-state index in [4.69, 9.17) is 0 Å². The first kappa shape index (κ1) is 19.1. The first-order chi connectivity index (χ1) is 15.0. The van der Waals surface area contributed by atoms with Gasteiger partial charge >= 0.3 is 0 Å². The van der Waals surface area contributed by atoms with Crippen LogP contribution in [-0.4, -0.2) is 51.3 Å². The number of rotatable bonds is 3. The van der Waals surface area contributed by atoms with E-state index in [0.717, 1.165) is 42.9 Å². The van der Waals surface area contributed by atoms with Crippen LogP contribution in [0.5, 0.6) is 0 Å². The molecule has 3 aromatic heterocycles. The van der Waals surface area contributed by atoms with Gasteiger partial charge in [-0.25, -0.2) is 4.98 Å². The highest BCUT2D eigenvalue weighted by Gasteiger charge is 2.21. The van der Waals surface area contributed by atoms with Crippen LogP contribution in [0.1, 0.15) is 21.6 Å². The van der Waals surface area contributed by atoms with Crippen molar-refractivity contribution in [1.29, 1.82) is 5.26 Å². The van der Waals surface area contributed by atoms with E-state index in [1.54, 1.807) is 21.3 Å². The molecule has 31 heavy (non-hydrogen) atoms. The Morgan fingerprint density at radius 2 is 2.03 bits per heavy atom. The van der Waals surface area contributed by atoms with Gasteiger partial charge in [-0.15, -0.1) is 0 Å². The summed E-state index contributed by atoms with van der Waals surface area (Å²) in [6.45, 7) is 5.56. The van der Waals surface area contributed by atoms with E-state index in [2.05, 4.69) is 31.7 Å². The average molecular weight is 414 g/mol. The number of nitriles is 1. The number of aromatic nitrogens is 4. The molecule has 0 spiro atoms. The summed E-state index contributed by atoms with van der Waals surface area (Å²) in [6, 6.07) is 7.62. The molecule has 0 unspecified atom stereocenters. The Labute approximate surface area is 178 Å². The van der Waals surface area contributed by atoms with E-state index < -0.39 is 0 Å². The molecule has 1 amide bonds. The van der Waals surface area contributed by atoms with Gasteiger partial charge in [-0.2, -0.15) is 10.4 Å². The minimum atomic E-state index is -0.303. The predicted molar refractivity (Wildman–Crippen MR) is 118 cm³/mol. The van der Waals surface area contributed by atoms with E-state index in [-0.39, 0.29) is 5.91 Å². The Hall–Kier alpha value is -3.90. The molecule has 1 aliphatic heterocycles. The van der Waals surface area contributed by atoms with Crippen molar-refractivity contribution >= 4 is 33.8 Å². The number of piperazine rings is 1. The maximum atomic E-state index is 13.2. The molecule has 0 saturated carbocycles. The molecule has 156 valence electrons. The summed E-state index contributed by atoms with van der Waals surface area (Å²) in [5, 5.41) is 21.3. The van der Waals surface area contributed by atoms with Crippen molar-refractivity contribution < 1.29 is 4.79 Å². The highest BCUT2D eigenvalue weighted by Crippen LogP contribution is 2.30. The van der Waals surface area contributed by atoms with Crippen molar-refractivity contribution in [2.24, 2.45) is 7.05 Å². The average Bonchev–Trinajstić information content (AvgIpc) is 3.33. The second-order valence-electron chi connectivity index (χ2n) is 7.75. The summed E-state index contributed by atoms with van der Waals surface area (Å²) in [4.78, 5) is 19.9. The SMILES string of the molecule is Cc1cn2cc(NC(=O)c3ccc(N4CCNCC4)c4cn(C)nc34)c(C#N)cc2n1. The zero-order valence-electron chi connectivity index (χ0n) is 17.4. The van der Waals surface area contributed by atoms with E-state index in [9.17, 15) is 10.1 Å². The number of amides is 1. The number of hydrogen-bond acceptors (Lipinski definition) is 6. The second kappa shape index (κ2) is 7.41. The molecule has 9 heteroatoms. The summed E-state index contributed by atoms with van der Waals surface area (Å²) < 4.78 is 3.53. The largest absolute Gasteiger partial charge is 0.368 e. The fourth-order valence-corrected chi connectivity index (χ4v) is 4.11. The van der Waals surface area contributed by atoms with E-state index >= 15 is 0 Å². The number of anilines is 2. The van der Waals surface area contributed by atoms with Crippen LogP contribution in [0.15, 0.2) is 36.8 Å². The predicted octanol–water partition coefficient (Wildman–Crippen LogP) is 2.06. The van der Waals surface area contributed by atoms with Gasteiger partial charge < -0.3 is 19.9 Å². The molecular weight excluding hydrogens is 392 g/mol. The number of nitrogens with one attached hydrogen (secondary N) is 2. The van der Waals surface area contributed by atoms with Crippen LogP contribution in [0.2, 0.25) is 0 Å². The summed E-state index contributed by atoms with van der Waals surface area (Å²) in [7, 11) is 1.85. The lowest BCUT2D eigenvalue weighted by atomic mass is 10.1. The lowest BCUT2D eigenvalue weighted by molar-refractivity contribution is 0.102. The van der Waals surface area contributed by atoms with Crippen molar-refractivity contribution in [3.63, 3.8) is 0 Å². The summed E-state index contributed by atoms with van der Waals surface area (Å²) in [5.41, 5.74) is 4.50. The highest BCUT2D eigenvalue weighted by atomic mass is 16.1. The van der Waals surface area contributed by atoms with Gasteiger partial charge in [-0.3, -0.25) is 9.48 Å². The molecule has 5 rings (SSSR count). The van der Waals surface area contributed by atoms with Crippen LogP contribution >= 0.6 is 0 Å². The van der Waals surface area contributed by atoms with Gasteiger partial charge in [0.2, 0.25) is 0 Å². The lowest BCUT2D eigenvalue weighted by Gasteiger charge is -2.30. The second-order valence-corrected chi connectivity index (χ2v) is 7.75. The maximum absolute atomic E-state index is 13.2. The third-order valence-electron chi connectivity index (χ3n) is 5.55. The van der Waals surface area contributed by atoms with Crippen molar-refractivity contribution in [3.05, 3.63) is 53.6 Å². The summed E-state index contributed by atoms with van der Waals surface area (Å²) >= 11 is 0. The monoisotopic (exact) mass is 414 g/mol. The fourth-order valence-electron chi connectivity index (χ4n) is 4.11. The van der Waals surface area contributed by atoms with Gasteiger partial charge in [0.25, 0.3) is 5.91 Å². The first-order valence-electron chi connectivity index (χ1n) is 10.2. The molecule has 0 radical (unpaired) electrons. The van der Waals surface area contributed by atoms with Crippen LogP contribution in [0.3, 0.4) is 0 Å². The van der Waals surface area contributed by atoms with Crippen LogP contribution in [0.25, 0.3) is 16.6 Å². The van der Waals surface area contributed by atoms with Gasteiger partial charge in [0, 0.05) is 69.0 Å². The minimum Gasteiger partial charge on any atom is -0.368 e. The number of hydrogen-bond donors (Lipinski definition) is 2. The molecule has 0 aliphatic carbocycles. The molecule has 1 fully saturated rings. The smallest absolute Gasteiger partial charge is 0.258 e. The standard InChI is InChI=1S/C22H22N8O/c1-14-11-30-13-18(15(10-23)9-20(30)25-14)26-22(31)16-3-4-19(29-7-5-24-6-8-29)17-12-28(2)27-21(16)17/h3-4,9,11-13,24H,5-8H2,1-2H3,(H,26,31). The Kier molecular flexibility index (Phi) is 4.56. The van der Waals surface area contributed by atoms with Crippen molar-refractivity contribution in [2.75, 3.05) is 36.4 Å². The topological polar surface area (TPSA) is 103 Å². The van der Waals surface area contributed by atoms with Crippen LogP contribution in [0.4, 0.5) is 11.4 Å². The third-order valence-corrected chi connectivity index (χ3v) is 5.55. The van der Waals surface area contributed by atoms with E-state index in [1.807, 2.05) is 38.5 Å². The quantitative estimate of drug-likeness (QED) is 0.532. The normalized spacial score (nSPS) is 14.2. The molecule has 1 saturated heterocycles. The molecule has 4 aromatic rings. The molecule has 2 N–H and O–H groups in total. The van der Waals surface area contributed by atoms with E-state index in [1.165, 1.54) is 0 Å². The molecule has 1 aliphatic rings. The zero-order valence-corrected chi connectivity index (χ0v) is 17.4. The Morgan fingerprint density at radius 3 is 2.81 bits per heavy atom. The number of carbonyl (C=O) groups is 1. The van der Waals surface area contributed by atoms with Crippen molar-refractivity contribution in [2.45, 2.75) is 6.92 Å². The van der Waals surface area contributed by atoms with Crippen LogP contribution < -0.4 is 15.5 Å². The Balaban J connectivity index is 1.53. The van der Waals surface area contributed by atoms with E-state index in [0.29, 0.717) is 28.0 Å². The number of imidazole rings is 1. The van der Waals surface area contributed by atoms with Crippen molar-refractivity contribution in [3.8, 4) is 6.07 Å². The van der Waals surface area contributed by atoms with Crippen molar-refractivity contribution in [1.82, 2.24) is 24.5 Å². The number of fused-ring (bicyclic) bond motifs is 2.